The Kier molecular flexibility index (Phi) is 6.29. The van der Waals surface area contributed by atoms with Crippen molar-refractivity contribution in [1.29, 1.82) is 5.26 Å². The Hall–Kier alpha value is -3.14. The zero-order valence-corrected chi connectivity index (χ0v) is 19.3. The van der Waals surface area contributed by atoms with Crippen molar-refractivity contribution in [3.63, 3.8) is 0 Å². The number of benzene rings is 1. The summed E-state index contributed by atoms with van der Waals surface area (Å²) in [5, 5.41) is 9.73. The second kappa shape index (κ2) is 9.01. The van der Waals surface area contributed by atoms with E-state index in [0.717, 1.165) is 0 Å². The zero-order valence-electron chi connectivity index (χ0n) is 17.6. The van der Waals surface area contributed by atoms with E-state index in [0.29, 0.717) is 16.6 Å². The van der Waals surface area contributed by atoms with Crippen molar-refractivity contribution in [2.45, 2.75) is 23.9 Å². The average molecular weight is 490 g/mol. The summed E-state index contributed by atoms with van der Waals surface area (Å²) in [5.74, 6) is -0.797. The third-order valence-electron chi connectivity index (χ3n) is 5.70. The van der Waals surface area contributed by atoms with E-state index in [4.69, 9.17) is 0 Å². The van der Waals surface area contributed by atoms with Gasteiger partial charge in [0, 0.05) is 42.9 Å². The summed E-state index contributed by atoms with van der Waals surface area (Å²) in [4.78, 5) is 17.7. The van der Waals surface area contributed by atoms with Crippen LogP contribution < -0.4 is 4.72 Å². The van der Waals surface area contributed by atoms with Crippen molar-refractivity contribution >= 4 is 36.7 Å². The van der Waals surface area contributed by atoms with Gasteiger partial charge in [0.15, 0.2) is 9.84 Å². The van der Waals surface area contributed by atoms with Gasteiger partial charge in [0.2, 0.25) is 15.9 Å². The van der Waals surface area contributed by atoms with Crippen LogP contribution in [0.5, 0.6) is 0 Å². The lowest BCUT2D eigenvalue weighted by Gasteiger charge is -2.30. The number of carbonyl (C=O) groups excluding carboxylic acids is 1. The van der Waals surface area contributed by atoms with Gasteiger partial charge in [0.05, 0.1) is 16.4 Å². The predicted octanol–water partition coefficient (Wildman–Crippen LogP) is 0.835. The number of H-pyrrole nitrogens is 1. The molecule has 3 heterocycles. The highest BCUT2D eigenvalue weighted by Crippen LogP contribution is 2.23. The van der Waals surface area contributed by atoms with Crippen LogP contribution in [0.25, 0.3) is 10.9 Å². The Morgan fingerprint density at radius 1 is 1.18 bits per heavy atom. The van der Waals surface area contributed by atoms with Gasteiger partial charge in [-0.25, -0.2) is 16.8 Å². The lowest BCUT2D eigenvalue weighted by atomic mass is 10.2. The highest BCUT2D eigenvalue weighted by molar-refractivity contribution is 7.91. The Morgan fingerprint density at radius 3 is 2.67 bits per heavy atom. The Morgan fingerprint density at radius 2 is 1.94 bits per heavy atom. The van der Waals surface area contributed by atoms with Crippen molar-refractivity contribution in [3.8, 4) is 6.07 Å². The lowest BCUT2D eigenvalue weighted by molar-refractivity contribution is -0.132. The monoisotopic (exact) mass is 489 g/mol. The molecule has 1 atom stereocenters. The molecule has 10 nitrogen and oxygen atoms in total. The number of sulfone groups is 1. The van der Waals surface area contributed by atoms with E-state index < -0.39 is 31.8 Å². The first-order chi connectivity index (χ1) is 15.7. The van der Waals surface area contributed by atoms with Gasteiger partial charge in [0.25, 0.3) is 0 Å². The number of aromatic amines is 1. The summed E-state index contributed by atoms with van der Waals surface area (Å²) in [6, 6.07) is 10.7. The Labute approximate surface area is 191 Å². The molecule has 12 heteroatoms. The fourth-order valence-electron chi connectivity index (χ4n) is 3.91. The van der Waals surface area contributed by atoms with E-state index in [9.17, 15) is 26.9 Å². The lowest BCUT2D eigenvalue weighted by Crippen LogP contribution is -2.53. The standard InChI is InChI=1S/C21H23N5O5S2/c22-15-16-3-2-9-25(16)10-7-19(21(27)26-11-13-32(28,29)14-12-26)24-33(30,31)20-5-1-4-18-17(20)6-8-23-18/h1-6,8-9,19,23-24H,7,10-14H2. The summed E-state index contributed by atoms with van der Waals surface area (Å²) < 4.78 is 54.3. The summed E-state index contributed by atoms with van der Waals surface area (Å²) in [7, 11) is -7.28. The molecule has 2 aromatic heterocycles. The highest BCUT2D eigenvalue weighted by Gasteiger charge is 2.33. The SMILES string of the molecule is N#Cc1cccn1CCC(NS(=O)(=O)c1cccc2[nH]ccc12)C(=O)N1CCS(=O)(=O)CC1. The van der Waals surface area contributed by atoms with Gasteiger partial charge in [0.1, 0.15) is 17.8 Å². The number of hydrogen-bond donors (Lipinski definition) is 2. The van der Waals surface area contributed by atoms with Crippen LogP contribution in [0.2, 0.25) is 0 Å². The molecule has 1 amide bonds. The van der Waals surface area contributed by atoms with Crippen molar-refractivity contribution in [3.05, 3.63) is 54.5 Å². The molecule has 0 aliphatic carbocycles. The van der Waals surface area contributed by atoms with E-state index in [1.165, 1.54) is 11.0 Å². The smallest absolute Gasteiger partial charge is 0.241 e. The number of hydrogen-bond acceptors (Lipinski definition) is 6. The predicted molar refractivity (Wildman–Crippen MR) is 121 cm³/mol. The molecule has 1 aromatic carbocycles. The molecule has 0 spiro atoms. The molecule has 0 radical (unpaired) electrons. The van der Waals surface area contributed by atoms with Crippen LogP contribution in [-0.2, 0) is 31.2 Å². The largest absolute Gasteiger partial charge is 0.361 e. The molecule has 3 aromatic rings. The molecule has 0 saturated carbocycles. The molecule has 1 fully saturated rings. The minimum atomic E-state index is -4.08. The molecule has 1 saturated heterocycles. The van der Waals surface area contributed by atoms with E-state index in [1.807, 2.05) is 0 Å². The summed E-state index contributed by atoms with van der Waals surface area (Å²) >= 11 is 0. The number of aryl methyl sites for hydroxylation is 1. The second-order valence-corrected chi connectivity index (χ2v) is 11.8. The van der Waals surface area contributed by atoms with Crippen LogP contribution in [-0.4, -0.2) is 67.8 Å². The number of sulfonamides is 1. The van der Waals surface area contributed by atoms with Gasteiger partial charge in [-0.2, -0.15) is 9.98 Å². The molecule has 4 rings (SSSR count). The molecular weight excluding hydrogens is 466 g/mol. The first-order valence-corrected chi connectivity index (χ1v) is 13.6. The number of nitrogens with one attached hydrogen (secondary N) is 2. The van der Waals surface area contributed by atoms with Gasteiger partial charge < -0.3 is 14.5 Å². The van der Waals surface area contributed by atoms with E-state index >= 15 is 0 Å². The van der Waals surface area contributed by atoms with Crippen LogP contribution in [0.1, 0.15) is 12.1 Å². The van der Waals surface area contributed by atoms with Crippen LogP contribution in [0.4, 0.5) is 0 Å². The van der Waals surface area contributed by atoms with Crippen molar-refractivity contribution < 1.29 is 21.6 Å². The van der Waals surface area contributed by atoms with Crippen LogP contribution >= 0.6 is 0 Å². The average Bonchev–Trinajstić information content (AvgIpc) is 3.44. The molecule has 0 bridgehead atoms. The number of aromatic nitrogens is 2. The first kappa shape index (κ1) is 23.0. The Bertz CT molecular complexity index is 1420. The fraction of sp³-hybridized carbons (Fsp3) is 0.333. The normalized spacial score (nSPS) is 17.0. The van der Waals surface area contributed by atoms with E-state index in [-0.39, 0.29) is 42.5 Å². The quantitative estimate of drug-likeness (QED) is 0.503. The summed E-state index contributed by atoms with van der Waals surface area (Å²) in [6.07, 6.45) is 3.41. The van der Waals surface area contributed by atoms with Crippen molar-refractivity contribution in [2.24, 2.45) is 0 Å². The van der Waals surface area contributed by atoms with Gasteiger partial charge in [-0.1, -0.05) is 6.07 Å². The zero-order chi connectivity index (χ0) is 23.6. The van der Waals surface area contributed by atoms with Crippen molar-refractivity contribution in [1.82, 2.24) is 19.2 Å². The number of nitrogens with zero attached hydrogens (tertiary/aromatic N) is 3. The van der Waals surface area contributed by atoms with Gasteiger partial charge >= 0.3 is 0 Å². The maximum atomic E-state index is 13.3. The molecule has 174 valence electrons. The third-order valence-corrected chi connectivity index (χ3v) is 8.84. The second-order valence-electron chi connectivity index (χ2n) is 7.83. The first-order valence-electron chi connectivity index (χ1n) is 10.3. The molecule has 1 aliphatic heterocycles. The maximum absolute atomic E-state index is 13.3. The fourth-order valence-corrected chi connectivity index (χ4v) is 6.55. The molecule has 33 heavy (non-hydrogen) atoms. The molecule has 1 aliphatic rings. The highest BCUT2D eigenvalue weighted by atomic mass is 32.2. The minimum absolute atomic E-state index is 0.0136. The number of amides is 1. The van der Waals surface area contributed by atoms with E-state index in [2.05, 4.69) is 15.8 Å². The van der Waals surface area contributed by atoms with E-state index in [1.54, 1.807) is 47.3 Å². The summed E-state index contributed by atoms with van der Waals surface area (Å²) in [5.41, 5.74) is 1.04. The molecular formula is C21H23N5O5S2. The minimum Gasteiger partial charge on any atom is -0.361 e. The van der Waals surface area contributed by atoms with Crippen LogP contribution in [0.3, 0.4) is 0 Å². The van der Waals surface area contributed by atoms with Gasteiger partial charge in [-0.15, -0.1) is 0 Å². The molecule has 2 N–H and O–H groups in total. The number of carbonyl (C=O) groups is 1. The maximum Gasteiger partial charge on any atom is 0.241 e. The van der Waals surface area contributed by atoms with Crippen LogP contribution in [0.15, 0.2) is 53.7 Å². The molecule has 1 unspecified atom stereocenters. The number of fused-ring (bicyclic) bond motifs is 1. The summed E-state index contributed by atoms with van der Waals surface area (Å²) in [6.45, 7) is 0.259. The van der Waals surface area contributed by atoms with Crippen molar-refractivity contribution in [2.75, 3.05) is 24.6 Å². The topological polar surface area (TPSA) is 145 Å². The van der Waals surface area contributed by atoms with Crippen LogP contribution in [0, 0.1) is 11.3 Å². The number of rotatable bonds is 7. The Balaban J connectivity index is 1.61. The van der Waals surface area contributed by atoms with Gasteiger partial charge in [-0.05, 0) is 36.8 Å². The number of nitriles is 1. The third kappa shape index (κ3) is 4.95. The van der Waals surface area contributed by atoms with Gasteiger partial charge in [-0.3, -0.25) is 4.79 Å².